The number of aromatic nitrogens is 2. The Morgan fingerprint density at radius 2 is 1.86 bits per heavy atom. The molecule has 0 unspecified atom stereocenters. The Bertz CT molecular complexity index is 682. The lowest BCUT2D eigenvalue weighted by atomic mass is 10.1. The number of anilines is 1. The highest BCUT2D eigenvalue weighted by Crippen LogP contribution is 2.25. The van der Waals surface area contributed by atoms with Gasteiger partial charge in [-0.1, -0.05) is 12.1 Å². The van der Waals surface area contributed by atoms with Crippen molar-refractivity contribution < 1.29 is 9.50 Å². The van der Waals surface area contributed by atoms with E-state index in [1.807, 2.05) is 19.1 Å². The smallest absolute Gasteiger partial charge is 0.132 e. The number of hydrogen-bond acceptors (Lipinski definition) is 4. The van der Waals surface area contributed by atoms with Crippen molar-refractivity contribution in [2.24, 2.45) is 0 Å². The molecule has 4 nitrogen and oxygen atoms in total. The highest BCUT2D eigenvalue weighted by molar-refractivity contribution is 5.63. The van der Waals surface area contributed by atoms with E-state index in [4.69, 9.17) is 0 Å². The summed E-state index contributed by atoms with van der Waals surface area (Å²) in [6.45, 7) is 5.14. The Morgan fingerprint density at radius 1 is 1.14 bits per heavy atom. The van der Waals surface area contributed by atoms with Gasteiger partial charge in [-0.3, -0.25) is 0 Å². The SMILES string of the molecule is Cc1nc(-c2ccc(C)c(F)c2)cc(N2CCC(O)CC2)n1. The molecule has 1 aliphatic rings. The number of aliphatic hydroxyl groups is 1. The molecule has 5 heteroatoms. The summed E-state index contributed by atoms with van der Waals surface area (Å²) in [6.07, 6.45) is 1.28. The number of halogens is 1. The standard InChI is InChI=1S/C17H20FN3O/c1-11-3-4-13(9-15(11)18)16-10-17(20-12(2)19-16)21-7-5-14(22)6-8-21/h3-4,9-10,14,22H,5-8H2,1-2H3. The highest BCUT2D eigenvalue weighted by atomic mass is 19.1. The van der Waals surface area contributed by atoms with Gasteiger partial charge in [-0.05, 0) is 38.3 Å². The third-order valence-corrected chi connectivity index (χ3v) is 4.08. The summed E-state index contributed by atoms with van der Waals surface area (Å²) in [5.74, 6) is 1.28. The number of benzene rings is 1. The molecule has 0 atom stereocenters. The van der Waals surface area contributed by atoms with Gasteiger partial charge in [-0.2, -0.15) is 0 Å². The van der Waals surface area contributed by atoms with Gasteiger partial charge in [0, 0.05) is 24.7 Å². The van der Waals surface area contributed by atoms with Gasteiger partial charge in [-0.15, -0.1) is 0 Å². The first-order valence-electron chi connectivity index (χ1n) is 7.58. The molecule has 0 bridgehead atoms. The Morgan fingerprint density at radius 3 is 2.55 bits per heavy atom. The second kappa shape index (κ2) is 6.01. The first kappa shape index (κ1) is 14.9. The van der Waals surface area contributed by atoms with Crippen LogP contribution in [-0.4, -0.2) is 34.3 Å². The van der Waals surface area contributed by atoms with Crippen molar-refractivity contribution in [1.29, 1.82) is 0 Å². The molecule has 0 aliphatic carbocycles. The van der Waals surface area contributed by atoms with E-state index in [0.717, 1.165) is 43.0 Å². The molecule has 1 aliphatic heterocycles. The monoisotopic (exact) mass is 301 g/mol. The summed E-state index contributed by atoms with van der Waals surface area (Å²) in [5.41, 5.74) is 2.11. The predicted octanol–water partition coefficient (Wildman–Crippen LogP) is 2.86. The molecular weight excluding hydrogens is 281 g/mol. The number of nitrogens with zero attached hydrogens (tertiary/aromatic N) is 3. The third-order valence-electron chi connectivity index (χ3n) is 4.08. The summed E-state index contributed by atoms with van der Waals surface area (Å²) >= 11 is 0. The third kappa shape index (κ3) is 3.09. The van der Waals surface area contributed by atoms with Gasteiger partial charge in [0.25, 0.3) is 0 Å². The lowest BCUT2D eigenvalue weighted by Gasteiger charge is -2.30. The van der Waals surface area contributed by atoms with Crippen LogP contribution in [0.15, 0.2) is 24.3 Å². The Balaban J connectivity index is 1.94. The Labute approximate surface area is 129 Å². The van der Waals surface area contributed by atoms with Crippen molar-refractivity contribution in [3.8, 4) is 11.3 Å². The summed E-state index contributed by atoms with van der Waals surface area (Å²) in [6, 6.07) is 7.05. The minimum absolute atomic E-state index is 0.218. The molecule has 1 aromatic carbocycles. The largest absolute Gasteiger partial charge is 0.393 e. The fraction of sp³-hybridized carbons (Fsp3) is 0.412. The zero-order chi connectivity index (χ0) is 15.7. The van der Waals surface area contributed by atoms with Gasteiger partial charge < -0.3 is 10.0 Å². The van der Waals surface area contributed by atoms with Crippen LogP contribution in [0.1, 0.15) is 24.2 Å². The van der Waals surface area contributed by atoms with E-state index in [0.29, 0.717) is 11.4 Å². The van der Waals surface area contributed by atoms with Crippen molar-refractivity contribution in [2.45, 2.75) is 32.8 Å². The fourth-order valence-electron chi connectivity index (χ4n) is 2.71. The van der Waals surface area contributed by atoms with Crippen LogP contribution in [0.2, 0.25) is 0 Å². The van der Waals surface area contributed by atoms with E-state index in [1.165, 1.54) is 6.07 Å². The quantitative estimate of drug-likeness (QED) is 0.926. The van der Waals surface area contributed by atoms with E-state index < -0.39 is 0 Å². The average Bonchev–Trinajstić information content (AvgIpc) is 2.50. The first-order valence-corrected chi connectivity index (χ1v) is 7.58. The van der Waals surface area contributed by atoms with Crippen LogP contribution >= 0.6 is 0 Å². The van der Waals surface area contributed by atoms with E-state index in [1.54, 1.807) is 13.0 Å². The van der Waals surface area contributed by atoms with Crippen molar-refractivity contribution in [1.82, 2.24) is 9.97 Å². The molecular formula is C17H20FN3O. The van der Waals surface area contributed by atoms with Crippen LogP contribution < -0.4 is 4.90 Å². The highest BCUT2D eigenvalue weighted by Gasteiger charge is 2.19. The Kier molecular flexibility index (Phi) is 4.07. The lowest BCUT2D eigenvalue weighted by molar-refractivity contribution is 0.145. The molecule has 1 fully saturated rings. The average molecular weight is 301 g/mol. The molecule has 1 saturated heterocycles. The summed E-state index contributed by atoms with van der Waals surface area (Å²) in [4.78, 5) is 11.1. The Hall–Kier alpha value is -2.01. The summed E-state index contributed by atoms with van der Waals surface area (Å²) in [7, 11) is 0. The number of hydrogen-bond donors (Lipinski definition) is 1. The minimum Gasteiger partial charge on any atom is -0.393 e. The van der Waals surface area contributed by atoms with Crippen molar-refractivity contribution in [3.63, 3.8) is 0 Å². The van der Waals surface area contributed by atoms with Crippen molar-refractivity contribution >= 4 is 5.82 Å². The van der Waals surface area contributed by atoms with E-state index in [-0.39, 0.29) is 11.9 Å². The maximum Gasteiger partial charge on any atom is 0.132 e. The normalized spacial score (nSPS) is 16.1. The van der Waals surface area contributed by atoms with Crippen LogP contribution in [0, 0.1) is 19.7 Å². The van der Waals surface area contributed by atoms with E-state index in [2.05, 4.69) is 14.9 Å². The fourth-order valence-corrected chi connectivity index (χ4v) is 2.71. The molecule has 0 spiro atoms. The molecule has 0 saturated carbocycles. The maximum absolute atomic E-state index is 13.8. The first-order chi connectivity index (χ1) is 10.5. The van der Waals surface area contributed by atoms with Crippen molar-refractivity contribution in [3.05, 3.63) is 41.5 Å². The zero-order valence-electron chi connectivity index (χ0n) is 12.9. The molecule has 2 heterocycles. The van der Waals surface area contributed by atoms with Crippen LogP contribution in [0.25, 0.3) is 11.3 Å². The number of aliphatic hydroxyl groups excluding tert-OH is 1. The maximum atomic E-state index is 13.8. The second-order valence-corrected chi connectivity index (χ2v) is 5.84. The molecule has 22 heavy (non-hydrogen) atoms. The molecule has 0 amide bonds. The zero-order valence-corrected chi connectivity index (χ0v) is 12.9. The van der Waals surface area contributed by atoms with E-state index >= 15 is 0 Å². The number of rotatable bonds is 2. The second-order valence-electron chi connectivity index (χ2n) is 5.84. The predicted molar refractivity (Wildman–Crippen MR) is 84.4 cm³/mol. The molecule has 0 radical (unpaired) electrons. The molecule has 2 aromatic rings. The number of aryl methyl sites for hydroxylation is 2. The van der Waals surface area contributed by atoms with Gasteiger partial charge in [0.05, 0.1) is 11.8 Å². The molecule has 1 aromatic heterocycles. The van der Waals surface area contributed by atoms with Gasteiger partial charge >= 0.3 is 0 Å². The van der Waals surface area contributed by atoms with Crippen LogP contribution in [0.5, 0.6) is 0 Å². The molecule has 116 valence electrons. The molecule has 3 rings (SSSR count). The lowest BCUT2D eigenvalue weighted by Crippen LogP contribution is -2.36. The van der Waals surface area contributed by atoms with E-state index in [9.17, 15) is 9.50 Å². The van der Waals surface area contributed by atoms with Crippen LogP contribution in [0.3, 0.4) is 0 Å². The van der Waals surface area contributed by atoms with Crippen LogP contribution in [-0.2, 0) is 0 Å². The topological polar surface area (TPSA) is 49.2 Å². The van der Waals surface area contributed by atoms with Gasteiger partial charge in [0.1, 0.15) is 17.5 Å². The van der Waals surface area contributed by atoms with Gasteiger partial charge in [-0.25, -0.2) is 14.4 Å². The molecule has 1 N–H and O–H groups in total. The number of piperidine rings is 1. The van der Waals surface area contributed by atoms with Crippen LogP contribution in [0.4, 0.5) is 10.2 Å². The summed E-state index contributed by atoms with van der Waals surface area (Å²) < 4.78 is 13.8. The van der Waals surface area contributed by atoms with Gasteiger partial charge in [0.15, 0.2) is 0 Å². The summed E-state index contributed by atoms with van der Waals surface area (Å²) in [5, 5.41) is 9.62. The minimum atomic E-state index is -0.226. The van der Waals surface area contributed by atoms with Crippen molar-refractivity contribution in [2.75, 3.05) is 18.0 Å². The van der Waals surface area contributed by atoms with Gasteiger partial charge in [0.2, 0.25) is 0 Å².